The van der Waals surface area contributed by atoms with Crippen LogP contribution in [0, 0.1) is 12.7 Å². The number of hydrogen-bond acceptors (Lipinski definition) is 5. The second kappa shape index (κ2) is 7.29. The number of aryl methyl sites for hydroxylation is 1. The molecule has 0 aliphatic heterocycles. The van der Waals surface area contributed by atoms with Gasteiger partial charge in [0.2, 0.25) is 5.13 Å². The molecule has 0 unspecified atom stereocenters. The first-order chi connectivity index (χ1) is 11.1. The second-order valence-electron chi connectivity index (χ2n) is 4.85. The number of hydrogen-bond donors (Lipinski definition) is 1. The van der Waals surface area contributed by atoms with E-state index < -0.39 is 0 Å². The van der Waals surface area contributed by atoms with E-state index in [2.05, 4.69) is 15.5 Å². The van der Waals surface area contributed by atoms with Crippen molar-refractivity contribution in [2.24, 2.45) is 0 Å². The largest absolute Gasteiger partial charge is 0.330 e. The highest BCUT2D eigenvalue weighted by atomic mass is 35.5. The Labute approximate surface area is 146 Å². The molecule has 118 valence electrons. The Morgan fingerprint density at radius 1 is 1.17 bits per heavy atom. The van der Waals surface area contributed by atoms with Crippen LogP contribution in [0.15, 0.2) is 46.8 Å². The summed E-state index contributed by atoms with van der Waals surface area (Å²) in [7, 11) is 0. The van der Waals surface area contributed by atoms with Gasteiger partial charge < -0.3 is 5.32 Å². The van der Waals surface area contributed by atoms with Gasteiger partial charge in [-0.15, -0.1) is 10.2 Å². The van der Waals surface area contributed by atoms with Crippen molar-refractivity contribution in [3.8, 4) is 0 Å². The maximum atomic E-state index is 13.7. The third-order valence-corrected chi connectivity index (χ3v) is 5.46. The van der Waals surface area contributed by atoms with Crippen molar-refractivity contribution < 1.29 is 4.39 Å². The molecule has 0 saturated carbocycles. The van der Waals surface area contributed by atoms with Crippen LogP contribution in [0.4, 0.5) is 15.2 Å². The molecule has 0 bridgehead atoms. The van der Waals surface area contributed by atoms with E-state index >= 15 is 0 Å². The molecule has 0 radical (unpaired) electrons. The molecular weight excluding hydrogens is 353 g/mol. The van der Waals surface area contributed by atoms with Gasteiger partial charge in [0.05, 0.1) is 0 Å². The minimum Gasteiger partial charge on any atom is -0.330 e. The lowest BCUT2D eigenvalue weighted by Crippen LogP contribution is -1.89. The average Bonchev–Trinajstić information content (AvgIpc) is 2.97. The fourth-order valence-corrected chi connectivity index (χ4v) is 4.00. The van der Waals surface area contributed by atoms with Crippen molar-refractivity contribution >= 4 is 45.5 Å². The SMILES string of the molecule is Cc1ccc(Nc2nnc(SCc3c(F)cccc3Cl)s2)cc1. The standard InChI is InChI=1S/C16H13ClFN3S2/c1-10-5-7-11(8-6-10)19-15-20-21-16(23-15)22-9-12-13(17)3-2-4-14(12)18/h2-8H,9H2,1H3,(H,19,20). The Kier molecular flexibility index (Phi) is 5.15. The number of nitrogens with zero attached hydrogens (tertiary/aromatic N) is 2. The van der Waals surface area contributed by atoms with Crippen molar-refractivity contribution in [3.05, 3.63) is 64.4 Å². The molecule has 0 aliphatic carbocycles. The van der Waals surface area contributed by atoms with Crippen molar-refractivity contribution in [2.75, 3.05) is 5.32 Å². The minimum absolute atomic E-state index is 0.299. The van der Waals surface area contributed by atoms with Gasteiger partial charge in [0, 0.05) is 22.0 Å². The fraction of sp³-hybridized carbons (Fsp3) is 0.125. The Hall–Kier alpha value is -1.63. The van der Waals surface area contributed by atoms with Crippen LogP contribution in [0.25, 0.3) is 0 Å². The van der Waals surface area contributed by atoms with Crippen LogP contribution in [0.3, 0.4) is 0 Å². The summed E-state index contributed by atoms with van der Waals surface area (Å²) < 4.78 is 14.5. The summed E-state index contributed by atoms with van der Waals surface area (Å²) in [4.78, 5) is 0. The zero-order chi connectivity index (χ0) is 16.2. The number of benzene rings is 2. The maximum absolute atomic E-state index is 13.7. The van der Waals surface area contributed by atoms with Crippen molar-refractivity contribution in [1.29, 1.82) is 0 Å². The number of aromatic nitrogens is 2. The number of rotatable bonds is 5. The van der Waals surface area contributed by atoms with E-state index in [4.69, 9.17) is 11.6 Å². The summed E-state index contributed by atoms with van der Waals surface area (Å²) in [5, 5.41) is 12.5. The van der Waals surface area contributed by atoms with Gasteiger partial charge in [0.15, 0.2) is 4.34 Å². The third kappa shape index (κ3) is 4.22. The van der Waals surface area contributed by atoms with Gasteiger partial charge in [-0.3, -0.25) is 0 Å². The van der Waals surface area contributed by atoms with E-state index in [9.17, 15) is 4.39 Å². The molecular formula is C16H13ClFN3S2. The highest BCUT2D eigenvalue weighted by Gasteiger charge is 2.10. The summed E-state index contributed by atoms with van der Waals surface area (Å²) in [6.07, 6.45) is 0. The quantitative estimate of drug-likeness (QED) is 0.591. The molecule has 0 fully saturated rings. The van der Waals surface area contributed by atoms with Crippen molar-refractivity contribution in [3.63, 3.8) is 0 Å². The van der Waals surface area contributed by atoms with Crippen LogP contribution >= 0.6 is 34.7 Å². The van der Waals surface area contributed by atoms with Crippen LogP contribution in [0.5, 0.6) is 0 Å². The van der Waals surface area contributed by atoms with Gasteiger partial charge in [-0.05, 0) is 31.2 Å². The predicted molar refractivity (Wildman–Crippen MR) is 95.3 cm³/mol. The van der Waals surface area contributed by atoms with Gasteiger partial charge in [0.25, 0.3) is 0 Å². The van der Waals surface area contributed by atoms with E-state index in [1.165, 1.54) is 34.7 Å². The molecule has 1 aromatic heterocycles. The molecule has 0 saturated heterocycles. The minimum atomic E-state index is -0.299. The molecule has 0 spiro atoms. The van der Waals surface area contributed by atoms with Gasteiger partial charge >= 0.3 is 0 Å². The molecule has 3 nitrogen and oxygen atoms in total. The third-order valence-electron chi connectivity index (χ3n) is 3.11. The number of thioether (sulfide) groups is 1. The zero-order valence-electron chi connectivity index (χ0n) is 12.2. The average molecular weight is 366 g/mol. The number of anilines is 2. The Bertz CT molecular complexity index is 785. The van der Waals surface area contributed by atoms with Gasteiger partial charge in [-0.1, -0.05) is 58.5 Å². The van der Waals surface area contributed by atoms with E-state index in [0.29, 0.717) is 21.5 Å². The molecule has 3 aromatic rings. The fourth-order valence-electron chi connectivity index (χ4n) is 1.88. The Balaban J connectivity index is 1.64. The second-order valence-corrected chi connectivity index (χ2v) is 7.46. The van der Waals surface area contributed by atoms with Gasteiger partial charge in [-0.25, -0.2) is 4.39 Å². The normalized spacial score (nSPS) is 10.7. The predicted octanol–water partition coefficient (Wildman–Crippen LogP) is 5.67. The summed E-state index contributed by atoms with van der Waals surface area (Å²) in [5.41, 5.74) is 2.65. The molecule has 2 aromatic carbocycles. The molecule has 1 heterocycles. The lowest BCUT2D eigenvalue weighted by Gasteiger charge is -2.03. The van der Waals surface area contributed by atoms with Gasteiger partial charge in [0.1, 0.15) is 5.82 Å². The van der Waals surface area contributed by atoms with Crippen molar-refractivity contribution in [1.82, 2.24) is 10.2 Å². The first kappa shape index (κ1) is 16.2. The smallest absolute Gasteiger partial charge is 0.210 e. The summed E-state index contributed by atoms with van der Waals surface area (Å²) >= 11 is 8.87. The van der Waals surface area contributed by atoms with E-state index in [-0.39, 0.29) is 5.82 Å². The zero-order valence-corrected chi connectivity index (χ0v) is 14.6. The number of halogens is 2. The van der Waals surface area contributed by atoms with Crippen molar-refractivity contribution in [2.45, 2.75) is 17.0 Å². The molecule has 1 N–H and O–H groups in total. The number of nitrogens with one attached hydrogen (secondary N) is 1. The highest BCUT2D eigenvalue weighted by molar-refractivity contribution is 8.00. The molecule has 0 atom stereocenters. The van der Waals surface area contributed by atoms with Crippen LogP contribution in [0.2, 0.25) is 5.02 Å². The lowest BCUT2D eigenvalue weighted by atomic mass is 10.2. The monoisotopic (exact) mass is 365 g/mol. The van der Waals surface area contributed by atoms with E-state index in [1.807, 2.05) is 31.2 Å². The molecule has 0 amide bonds. The Morgan fingerprint density at radius 3 is 2.70 bits per heavy atom. The summed E-state index contributed by atoms with van der Waals surface area (Å²) in [6, 6.07) is 12.7. The van der Waals surface area contributed by atoms with Crippen LogP contribution in [-0.2, 0) is 5.75 Å². The van der Waals surface area contributed by atoms with Crippen LogP contribution in [-0.4, -0.2) is 10.2 Å². The van der Waals surface area contributed by atoms with Crippen LogP contribution in [0.1, 0.15) is 11.1 Å². The molecule has 7 heteroatoms. The van der Waals surface area contributed by atoms with E-state index in [1.54, 1.807) is 12.1 Å². The lowest BCUT2D eigenvalue weighted by molar-refractivity contribution is 0.617. The Morgan fingerprint density at radius 2 is 1.96 bits per heavy atom. The first-order valence-electron chi connectivity index (χ1n) is 6.85. The maximum Gasteiger partial charge on any atom is 0.210 e. The highest BCUT2D eigenvalue weighted by Crippen LogP contribution is 2.32. The molecule has 23 heavy (non-hydrogen) atoms. The van der Waals surface area contributed by atoms with Crippen LogP contribution < -0.4 is 5.32 Å². The summed E-state index contributed by atoms with van der Waals surface area (Å²) in [5.74, 6) is 0.123. The van der Waals surface area contributed by atoms with Gasteiger partial charge in [-0.2, -0.15) is 0 Å². The summed E-state index contributed by atoms with van der Waals surface area (Å²) in [6.45, 7) is 2.04. The first-order valence-corrected chi connectivity index (χ1v) is 9.03. The topological polar surface area (TPSA) is 37.8 Å². The molecule has 3 rings (SSSR count). The van der Waals surface area contributed by atoms with E-state index in [0.717, 1.165) is 10.0 Å². The molecule has 0 aliphatic rings.